The summed E-state index contributed by atoms with van der Waals surface area (Å²) in [6, 6.07) is 1.84. The molecule has 0 aromatic carbocycles. The Morgan fingerprint density at radius 3 is 3.29 bits per heavy atom. The smallest absolute Gasteiger partial charge is 0.170 e. The Labute approximate surface area is 87.6 Å². The molecule has 0 unspecified atom stereocenters. The highest BCUT2D eigenvalue weighted by Crippen LogP contribution is 2.04. The van der Waals surface area contributed by atoms with E-state index < -0.39 is 0 Å². The first kappa shape index (κ1) is 9.10. The number of aromatic nitrogens is 3. The highest BCUT2D eigenvalue weighted by molar-refractivity contribution is 7.80. The normalized spacial score (nSPS) is 9.79. The van der Waals surface area contributed by atoms with Gasteiger partial charge in [0.25, 0.3) is 0 Å². The maximum atomic E-state index is 4.20. The Morgan fingerprint density at radius 1 is 1.50 bits per heavy atom. The molecule has 3 nitrogen and oxygen atoms in total. The zero-order valence-electron chi connectivity index (χ0n) is 7.51. The Bertz CT molecular complexity index is 493. The van der Waals surface area contributed by atoms with Crippen LogP contribution in [0.25, 0.3) is 5.65 Å². The van der Waals surface area contributed by atoms with Crippen molar-refractivity contribution in [2.24, 2.45) is 0 Å². The van der Waals surface area contributed by atoms with E-state index in [4.69, 9.17) is 0 Å². The molecule has 70 valence electrons. The highest BCUT2D eigenvalue weighted by Gasteiger charge is 1.99. The van der Waals surface area contributed by atoms with Crippen molar-refractivity contribution in [2.75, 3.05) is 5.75 Å². The molecule has 2 aromatic rings. The fraction of sp³-hybridized carbons (Fsp3) is 0.200. The van der Waals surface area contributed by atoms with Crippen molar-refractivity contribution in [3.63, 3.8) is 0 Å². The molecular weight excluding hydrogens is 194 g/mol. The Balaban J connectivity index is 2.40. The average molecular weight is 203 g/mol. The number of nitrogens with zero attached hydrogens (tertiary/aromatic N) is 3. The van der Waals surface area contributed by atoms with Crippen LogP contribution < -0.4 is 0 Å². The quantitative estimate of drug-likeness (QED) is 0.561. The molecule has 0 N–H and O–H groups in total. The lowest BCUT2D eigenvalue weighted by atomic mass is 10.3. The second kappa shape index (κ2) is 4.16. The minimum atomic E-state index is 0.777. The van der Waals surface area contributed by atoms with Crippen LogP contribution in [0, 0.1) is 11.8 Å². The summed E-state index contributed by atoms with van der Waals surface area (Å²) in [6.45, 7) is 0. The largest absolute Gasteiger partial charge is 0.236 e. The van der Waals surface area contributed by atoms with E-state index in [9.17, 15) is 0 Å². The van der Waals surface area contributed by atoms with Crippen molar-refractivity contribution in [1.82, 2.24) is 14.6 Å². The Hall–Kier alpha value is -1.47. The van der Waals surface area contributed by atoms with Gasteiger partial charge in [0, 0.05) is 24.6 Å². The molecule has 2 aromatic heterocycles. The summed E-state index contributed by atoms with van der Waals surface area (Å²) in [5, 5.41) is 4.13. The number of hydrogen-bond acceptors (Lipinski definition) is 3. The maximum Gasteiger partial charge on any atom is 0.170 e. The second-order valence-corrected chi connectivity index (χ2v) is 3.17. The van der Waals surface area contributed by atoms with E-state index in [1.54, 1.807) is 16.9 Å². The molecule has 0 saturated carbocycles. The molecule has 0 aliphatic heterocycles. The number of rotatable bonds is 1. The van der Waals surface area contributed by atoms with Crippen LogP contribution in [0.3, 0.4) is 0 Å². The van der Waals surface area contributed by atoms with Crippen molar-refractivity contribution in [1.29, 1.82) is 0 Å². The van der Waals surface area contributed by atoms with Crippen LogP contribution in [-0.2, 0) is 0 Å². The lowest BCUT2D eigenvalue weighted by molar-refractivity contribution is 0.939. The first-order chi connectivity index (χ1) is 6.92. The molecule has 2 heterocycles. The third kappa shape index (κ3) is 1.73. The van der Waals surface area contributed by atoms with Gasteiger partial charge < -0.3 is 0 Å². The summed E-state index contributed by atoms with van der Waals surface area (Å²) in [7, 11) is 0. The van der Waals surface area contributed by atoms with E-state index in [0.29, 0.717) is 0 Å². The zero-order chi connectivity index (χ0) is 9.80. The summed E-state index contributed by atoms with van der Waals surface area (Å²) in [6.07, 6.45) is 6.11. The van der Waals surface area contributed by atoms with Crippen LogP contribution in [0.1, 0.15) is 12.0 Å². The first-order valence-corrected chi connectivity index (χ1v) is 4.93. The third-order valence-electron chi connectivity index (χ3n) is 1.74. The zero-order valence-corrected chi connectivity index (χ0v) is 8.41. The van der Waals surface area contributed by atoms with Gasteiger partial charge in [-0.05, 0) is 6.07 Å². The molecule has 14 heavy (non-hydrogen) atoms. The van der Waals surface area contributed by atoms with E-state index in [-0.39, 0.29) is 0 Å². The van der Waals surface area contributed by atoms with Gasteiger partial charge in [0.15, 0.2) is 5.65 Å². The molecule has 0 aliphatic rings. The predicted molar refractivity (Wildman–Crippen MR) is 58.3 cm³/mol. The van der Waals surface area contributed by atoms with E-state index in [1.807, 2.05) is 12.3 Å². The van der Waals surface area contributed by atoms with Crippen LogP contribution in [0.2, 0.25) is 0 Å². The predicted octanol–water partition coefficient (Wildman–Crippen LogP) is 1.40. The fourth-order valence-corrected chi connectivity index (χ4v) is 1.24. The molecule has 0 radical (unpaired) electrons. The standard InChI is InChI=1S/C10H9N3S/c14-7-2-1-4-9-8-12-13-6-3-5-11-10(9)13/h3,5-6,8,14H,2,7H2. The highest BCUT2D eigenvalue weighted by atomic mass is 32.1. The summed E-state index contributed by atoms with van der Waals surface area (Å²) in [5.41, 5.74) is 1.67. The van der Waals surface area contributed by atoms with Gasteiger partial charge in [-0.3, -0.25) is 0 Å². The van der Waals surface area contributed by atoms with Crippen molar-refractivity contribution < 1.29 is 0 Å². The SMILES string of the molecule is SCCC#Cc1cnn2cccnc12. The summed E-state index contributed by atoms with van der Waals surface area (Å²) in [4.78, 5) is 4.20. The van der Waals surface area contributed by atoms with E-state index in [1.165, 1.54) is 0 Å². The van der Waals surface area contributed by atoms with Gasteiger partial charge >= 0.3 is 0 Å². The number of hydrogen-bond donors (Lipinski definition) is 1. The molecule has 0 atom stereocenters. The Kier molecular flexibility index (Phi) is 2.70. The van der Waals surface area contributed by atoms with E-state index in [2.05, 4.69) is 34.6 Å². The molecule has 0 saturated heterocycles. The summed E-state index contributed by atoms with van der Waals surface area (Å²) < 4.78 is 1.71. The maximum absolute atomic E-state index is 4.20. The Morgan fingerprint density at radius 2 is 2.43 bits per heavy atom. The van der Waals surface area contributed by atoms with Crippen molar-refractivity contribution in [3.8, 4) is 11.8 Å². The second-order valence-electron chi connectivity index (χ2n) is 2.72. The van der Waals surface area contributed by atoms with Gasteiger partial charge in [-0.1, -0.05) is 11.8 Å². The lowest BCUT2D eigenvalue weighted by Gasteiger charge is -1.88. The van der Waals surface area contributed by atoms with E-state index >= 15 is 0 Å². The van der Waals surface area contributed by atoms with Crippen LogP contribution in [0.15, 0.2) is 24.7 Å². The van der Waals surface area contributed by atoms with Crippen LogP contribution in [0.5, 0.6) is 0 Å². The fourth-order valence-electron chi connectivity index (χ4n) is 1.13. The van der Waals surface area contributed by atoms with Gasteiger partial charge in [-0.2, -0.15) is 17.7 Å². The van der Waals surface area contributed by atoms with Crippen LogP contribution in [0.4, 0.5) is 0 Å². The molecule has 0 fully saturated rings. The molecular formula is C10H9N3S. The number of thiol groups is 1. The van der Waals surface area contributed by atoms with Gasteiger partial charge in [0.05, 0.1) is 11.8 Å². The van der Waals surface area contributed by atoms with Gasteiger partial charge in [0.2, 0.25) is 0 Å². The summed E-state index contributed by atoms with van der Waals surface area (Å²) in [5.74, 6) is 6.81. The van der Waals surface area contributed by atoms with Gasteiger partial charge in [-0.15, -0.1) is 0 Å². The minimum absolute atomic E-state index is 0.777. The molecule has 0 bridgehead atoms. The summed E-state index contributed by atoms with van der Waals surface area (Å²) >= 11 is 4.09. The average Bonchev–Trinajstić information content (AvgIpc) is 2.63. The van der Waals surface area contributed by atoms with Crippen molar-refractivity contribution in [2.45, 2.75) is 6.42 Å². The molecule has 2 rings (SSSR count). The first-order valence-electron chi connectivity index (χ1n) is 4.30. The molecule has 0 aliphatic carbocycles. The van der Waals surface area contributed by atoms with Crippen LogP contribution >= 0.6 is 12.6 Å². The van der Waals surface area contributed by atoms with Crippen molar-refractivity contribution in [3.05, 3.63) is 30.2 Å². The van der Waals surface area contributed by atoms with Gasteiger partial charge in [-0.25, -0.2) is 9.50 Å². The molecule has 0 spiro atoms. The topological polar surface area (TPSA) is 30.2 Å². The van der Waals surface area contributed by atoms with E-state index in [0.717, 1.165) is 23.4 Å². The molecule has 4 heteroatoms. The lowest BCUT2D eigenvalue weighted by Crippen LogP contribution is -1.87. The monoisotopic (exact) mass is 203 g/mol. The molecule has 0 amide bonds. The van der Waals surface area contributed by atoms with Crippen molar-refractivity contribution >= 4 is 18.3 Å². The minimum Gasteiger partial charge on any atom is -0.236 e. The third-order valence-corrected chi connectivity index (χ3v) is 1.96. The van der Waals surface area contributed by atoms with Gasteiger partial charge in [0.1, 0.15) is 0 Å². The number of fused-ring (bicyclic) bond motifs is 1. The van der Waals surface area contributed by atoms with Crippen LogP contribution in [-0.4, -0.2) is 20.4 Å².